The van der Waals surface area contributed by atoms with Crippen LogP contribution in [-0.4, -0.2) is 16.2 Å². The van der Waals surface area contributed by atoms with Gasteiger partial charge in [0, 0.05) is 0 Å². The molecule has 0 spiro atoms. The van der Waals surface area contributed by atoms with Crippen LogP contribution < -0.4 is 0 Å². The lowest BCUT2D eigenvalue weighted by molar-refractivity contribution is -0.146. The van der Waals surface area contributed by atoms with Gasteiger partial charge in [-0.2, -0.15) is 13.2 Å². The van der Waals surface area contributed by atoms with E-state index in [0.29, 0.717) is 11.1 Å². The summed E-state index contributed by atoms with van der Waals surface area (Å²) in [6.07, 6.45) is -5.83. The first-order valence-corrected chi connectivity index (χ1v) is 8.32. The minimum absolute atomic E-state index is 0.0855. The van der Waals surface area contributed by atoms with Crippen molar-refractivity contribution in [3.05, 3.63) is 83.4 Å². The smallest absolute Gasteiger partial charge is 0.416 e. The number of carboxylic acids is 1. The van der Waals surface area contributed by atoms with Crippen LogP contribution in [0.15, 0.2) is 66.7 Å². The molecule has 3 aromatic carbocycles. The molecule has 3 aromatic rings. The van der Waals surface area contributed by atoms with E-state index in [2.05, 4.69) is 0 Å². The summed E-state index contributed by atoms with van der Waals surface area (Å²) >= 11 is 0. The van der Waals surface area contributed by atoms with Crippen LogP contribution >= 0.6 is 0 Å². The number of alkyl halides is 3. The van der Waals surface area contributed by atoms with Crippen molar-refractivity contribution in [3.63, 3.8) is 0 Å². The number of aliphatic hydroxyl groups excluding tert-OH is 1. The number of hydrogen-bond donors (Lipinski definition) is 2. The zero-order valence-electron chi connectivity index (χ0n) is 14.1. The highest BCUT2D eigenvalue weighted by molar-refractivity contribution is 5.86. The molecule has 6 heteroatoms. The number of aliphatic hydroxyl groups is 1. The van der Waals surface area contributed by atoms with Crippen LogP contribution in [0.3, 0.4) is 0 Å². The standard InChI is InChI=1S/C21H17F3O3/c22-21(23,24)15-10-8-13(9-11-15)12-18(20(26)27)19(25)17-7-3-5-14-4-1-2-6-16(14)17/h1-11,18-19,25H,12H2,(H,26,27). The zero-order chi connectivity index (χ0) is 19.6. The Balaban J connectivity index is 1.90. The largest absolute Gasteiger partial charge is 0.481 e. The van der Waals surface area contributed by atoms with E-state index in [1.165, 1.54) is 12.1 Å². The molecule has 0 amide bonds. The summed E-state index contributed by atoms with van der Waals surface area (Å²) in [6.45, 7) is 0. The van der Waals surface area contributed by atoms with Crippen LogP contribution in [0.1, 0.15) is 22.8 Å². The molecular weight excluding hydrogens is 357 g/mol. The highest BCUT2D eigenvalue weighted by Gasteiger charge is 2.31. The fourth-order valence-electron chi connectivity index (χ4n) is 3.14. The van der Waals surface area contributed by atoms with E-state index in [0.717, 1.165) is 22.9 Å². The maximum Gasteiger partial charge on any atom is 0.416 e. The van der Waals surface area contributed by atoms with Gasteiger partial charge in [-0.3, -0.25) is 4.79 Å². The molecule has 2 N–H and O–H groups in total. The Morgan fingerprint density at radius 3 is 2.19 bits per heavy atom. The zero-order valence-corrected chi connectivity index (χ0v) is 14.1. The van der Waals surface area contributed by atoms with Crippen LogP contribution in [-0.2, 0) is 17.4 Å². The van der Waals surface area contributed by atoms with E-state index in [4.69, 9.17) is 0 Å². The first-order chi connectivity index (χ1) is 12.8. The van der Waals surface area contributed by atoms with Gasteiger partial charge in [0.25, 0.3) is 0 Å². The van der Waals surface area contributed by atoms with E-state index in [1.54, 1.807) is 24.3 Å². The molecule has 0 aliphatic heterocycles. The summed E-state index contributed by atoms with van der Waals surface area (Å²) in [6, 6.07) is 16.9. The summed E-state index contributed by atoms with van der Waals surface area (Å²) in [5.74, 6) is -2.40. The van der Waals surface area contributed by atoms with Crippen LogP contribution in [0.25, 0.3) is 10.8 Å². The fourth-order valence-corrected chi connectivity index (χ4v) is 3.14. The quantitative estimate of drug-likeness (QED) is 0.672. The lowest BCUT2D eigenvalue weighted by Crippen LogP contribution is -2.24. The Labute approximate surface area is 153 Å². The molecule has 3 rings (SSSR count). The normalized spacial score (nSPS) is 14.1. The molecule has 0 saturated carbocycles. The summed E-state index contributed by atoms with van der Waals surface area (Å²) in [5, 5.41) is 21.9. The van der Waals surface area contributed by atoms with Crippen molar-refractivity contribution >= 4 is 16.7 Å². The molecule has 0 radical (unpaired) electrons. The third-order valence-corrected chi connectivity index (χ3v) is 4.58. The van der Waals surface area contributed by atoms with Gasteiger partial charge in [0.05, 0.1) is 17.6 Å². The fraction of sp³-hybridized carbons (Fsp3) is 0.190. The third kappa shape index (κ3) is 4.11. The van der Waals surface area contributed by atoms with Gasteiger partial charge < -0.3 is 10.2 Å². The molecule has 27 heavy (non-hydrogen) atoms. The number of rotatable bonds is 5. The second-order valence-corrected chi connectivity index (χ2v) is 6.36. The Bertz CT molecular complexity index is 944. The summed E-state index contributed by atoms with van der Waals surface area (Å²) < 4.78 is 38.0. The van der Waals surface area contributed by atoms with Crippen LogP contribution in [0.4, 0.5) is 13.2 Å². The average Bonchev–Trinajstić information content (AvgIpc) is 2.64. The average molecular weight is 374 g/mol. The number of halogens is 3. The first-order valence-electron chi connectivity index (χ1n) is 8.32. The maximum atomic E-state index is 12.7. The van der Waals surface area contributed by atoms with Gasteiger partial charge in [0.15, 0.2) is 0 Å². The van der Waals surface area contributed by atoms with Crippen LogP contribution in [0.5, 0.6) is 0 Å². The number of benzene rings is 3. The summed E-state index contributed by atoms with van der Waals surface area (Å²) in [4.78, 5) is 11.7. The maximum absolute atomic E-state index is 12.7. The van der Waals surface area contributed by atoms with Crippen LogP contribution in [0.2, 0.25) is 0 Å². The Kier molecular flexibility index (Phi) is 5.19. The van der Waals surface area contributed by atoms with Gasteiger partial charge in [-0.25, -0.2) is 0 Å². The Morgan fingerprint density at radius 2 is 1.56 bits per heavy atom. The SMILES string of the molecule is O=C(O)C(Cc1ccc(C(F)(F)F)cc1)C(O)c1cccc2ccccc12. The van der Waals surface area contributed by atoms with Gasteiger partial charge in [-0.1, -0.05) is 54.6 Å². The van der Waals surface area contributed by atoms with Gasteiger partial charge in [-0.05, 0) is 40.5 Å². The molecule has 0 aliphatic carbocycles. The minimum atomic E-state index is -4.45. The predicted molar refractivity (Wildman–Crippen MR) is 95.2 cm³/mol. The van der Waals surface area contributed by atoms with Crippen molar-refractivity contribution in [2.24, 2.45) is 5.92 Å². The molecule has 2 atom stereocenters. The van der Waals surface area contributed by atoms with E-state index in [-0.39, 0.29) is 6.42 Å². The van der Waals surface area contributed by atoms with Crippen molar-refractivity contribution in [1.29, 1.82) is 0 Å². The summed E-state index contributed by atoms with van der Waals surface area (Å²) in [5.41, 5.74) is 0.0924. The molecule has 0 heterocycles. The Morgan fingerprint density at radius 1 is 0.926 bits per heavy atom. The van der Waals surface area contributed by atoms with E-state index >= 15 is 0 Å². The molecule has 140 valence electrons. The summed E-state index contributed by atoms with van der Waals surface area (Å²) in [7, 11) is 0. The number of carbonyl (C=O) groups is 1. The lowest BCUT2D eigenvalue weighted by Gasteiger charge is -2.21. The second-order valence-electron chi connectivity index (χ2n) is 6.36. The number of aliphatic carboxylic acids is 1. The van der Waals surface area contributed by atoms with Crippen molar-refractivity contribution in [3.8, 4) is 0 Å². The first kappa shape index (κ1) is 18.9. The van der Waals surface area contributed by atoms with Gasteiger partial charge in [0.1, 0.15) is 0 Å². The molecule has 0 bridgehead atoms. The van der Waals surface area contributed by atoms with Crippen molar-refractivity contribution in [2.75, 3.05) is 0 Å². The minimum Gasteiger partial charge on any atom is -0.481 e. The second kappa shape index (κ2) is 7.40. The number of hydrogen-bond acceptors (Lipinski definition) is 2. The predicted octanol–water partition coefficient (Wildman–Crippen LogP) is 4.84. The van der Waals surface area contributed by atoms with E-state index in [1.807, 2.05) is 18.2 Å². The highest BCUT2D eigenvalue weighted by Crippen LogP contribution is 2.33. The van der Waals surface area contributed by atoms with Crippen molar-refractivity contribution in [1.82, 2.24) is 0 Å². The van der Waals surface area contributed by atoms with Gasteiger partial charge in [-0.15, -0.1) is 0 Å². The van der Waals surface area contributed by atoms with Gasteiger partial charge in [0.2, 0.25) is 0 Å². The molecule has 2 unspecified atom stereocenters. The van der Waals surface area contributed by atoms with Gasteiger partial charge >= 0.3 is 12.1 Å². The number of carboxylic acid groups (broad SMARTS) is 1. The van der Waals surface area contributed by atoms with Crippen molar-refractivity contribution in [2.45, 2.75) is 18.7 Å². The highest BCUT2D eigenvalue weighted by atomic mass is 19.4. The lowest BCUT2D eigenvalue weighted by atomic mass is 9.87. The molecule has 0 fully saturated rings. The van der Waals surface area contributed by atoms with E-state index in [9.17, 15) is 28.2 Å². The molecule has 0 aromatic heterocycles. The monoisotopic (exact) mass is 374 g/mol. The van der Waals surface area contributed by atoms with Crippen molar-refractivity contribution < 1.29 is 28.2 Å². The molecular formula is C21H17F3O3. The number of fused-ring (bicyclic) bond motifs is 1. The van der Waals surface area contributed by atoms with E-state index < -0.39 is 29.7 Å². The third-order valence-electron chi connectivity index (χ3n) is 4.58. The molecule has 0 saturated heterocycles. The molecule has 3 nitrogen and oxygen atoms in total. The van der Waals surface area contributed by atoms with Crippen LogP contribution in [0, 0.1) is 5.92 Å². The Hall–Kier alpha value is -2.86. The topological polar surface area (TPSA) is 57.5 Å². The molecule has 0 aliphatic rings.